The van der Waals surface area contributed by atoms with Gasteiger partial charge >= 0.3 is 0 Å². The second kappa shape index (κ2) is 8.23. The summed E-state index contributed by atoms with van der Waals surface area (Å²) in [6.07, 6.45) is 4.62. The van der Waals surface area contributed by atoms with Crippen LogP contribution in [0.1, 0.15) is 15.9 Å². The first-order valence-electron chi connectivity index (χ1n) is 7.92. The van der Waals surface area contributed by atoms with Crippen molar-refractivity contribution in [3.05, 3.63) is 101 Å². The highest BCUT2D eigenvalue weighted by molar-refractivity contribution is 6.34. The number of nitrogens with zero attached hydrogens (tertiary/aromatic N) is 1. The van der Waals surface area contributed by atoms with Crippen molar-refractivity contribution >= 4 is 35.1 Å². The van der Waals surface area contributed by atoms with E-state index in [2.05, 4.69) is 10.3 Å². The molecule has 5 heteroatoms. The highest BCUT2D eigenvalue weighted by atomic mass is 35.5. The molecule has 0 fully saturated rings. The van der Waals surface area contributed by atoms with E-state index in [0.717, 1.165) is 0 Å². The summed E-state index contributed by atoms with van der Waals surface area (Å²) in [7, 11) is 0. The summed E-state index contributed by atoms with van der Waals surface area (Å²) in [6.45, 7) is 0. The van der Waals surface area contributed by atoms with Crippen LogP contribution >= 0.6 is 11.6 Å². The Kier molecular flexibility index (Phi) is 5.56. The van der Waals surface area contributed by atoms with E-state index in [-0.39, 0.29) is 11.4 Å². The van der Waals surface area contributed by atoms with E-state index in [1.165, 1.54) is 12.3 Å². The van der Waals surface area contributed by atoms with Crippen molar-refractivity contribution in [3.8, 4) is 0 Å². The molecule has 4 nitrogen and oxygen atoms in total. The molecular weight excluding hydrogens is 348 g/mol. The van der Waals surface area contributed by atoms with E-state index < -0.39 is 5.91 Å². The van der Waals surface area contributed by atoms with Crippen LogP contribution in [0.5, 0.6) is 0 Å². The highest BCUT2D eigenvalue weighted by Gasteiger charge is 2.20. The summed E-state index contributed by atoms with van der Waals surface area (Å²) in [5.74, 6) is -0.904. The number of nitrogens with one attached hydrogen (secondary N) is 1. The Morgan fingerprint density at radius 3 is 2.35 bits per heavy atom. The minimum absolute atomic E-state index is 0.00634. The smallest absolute Gasteiger partial charge is 0.259 e. The van der Waals surface area contributed by atoms with Crippen molar-refractivity contribution in [2.24, 2.45) is 0 Å². The number of hydrogen-bond acceptors (Lipinski definition) is 3. The number of benzene rings is 2. The number of rotatable bonds is 5. The van der Waals surface area contributed by atoms with Crippen LogP contribution in [0, 0.1) is 0 Å². The van der Waals surface area contributed by atoms with Crippen molar-refractivity contribution in [1.29, 1.82) is 0 Å². The van der Waals surface area contributed by atoms with Crippen LogP contribution in [0.2, 0.25) is 5.02 Å². The lowest BCUT2D eigenvalue weighted by Gasteiger charge is -2.09. The van der Waals surface area contributed by atoms with Crippen molar-refractivity contribution in [2.45, 2.75) is 0 Å². The molecule has 1 heterocycles. The summed E-state index contributed by atoms with van der Waals surface area (Å²) in [4.78, 5) is 29.6. The third kappa shape index (κ3) is 4.23. The number of anilines is 1. The van der Waals surface area contributed by atoms with Crippen molar-refractivity contribution in [2.75, 3.05) is 5.32 Å². The molecule has 0 unspecified atom stereocenters. The summed E-state index contributed by atoms with van der Waals surface area (Å²) in [6, 6.07) is 19.1. The molecule has 3 aromatic rings. The lowest BCUT2D eigenvalue weighted by molar-refractivity contribution is -0.112. The first-order valence-corrected chi connectivity index (χ1v) is 8.30. The molecular formula is C21H15ClN2O2. The molecule has 26 heavy (non-hydrogen) atoms. The molecule has 0 aliphatic rings. The van der Waals surface area contributed by atoms with E-state index in [0.29, 0.717) is 21.8 Å². The fraction of sp³-hybridized carbons (Fsp3) is 0. The van der Waals surface area contributed by atoms with Crippen LogP contribution in [0.15, 0.2) is 84.7 Å². The SMILES string of the molecule is O=C(Nc1cccnc1)/C(=C/c1ccccc1Cl)C(=O)c1ccccc1. The van der Waals surface area contributed by atoms with E-state index in [9.17, 15) is 9.59 Å². The van der Waals surface area contributed by atoms with Crippen LogP contribution in [-0.4, -0.2) is 16.7 Å². The third-order valence-corrected chi connectivity index (χ3v) is 3.99. The molecule has 0 aliphatic carbocycles. The summed E-state index contributed by atoms with van der Waals surface area (Å²) < 4.78 is 0. The number of hydrogen-bond donors (Lipinski definition) is 1. The predicted octanol–water partition coefficient (Wildman–Crippen LogP) is 4.64. The zero-order valence-electron chi connectivity index (χ0n) is 13.7. The molecule has 128 valence electrons. The second-order valence-corrected chi connectivity index (χ2v) is 5.88. The van der Waals surface area contributed by atoms with Gasteiger partial charge in [-0.15, -0.1) is 0 Å². The fourth-order valence-electron chi connectivity index (χ4n) is 2.36. The van der Waals surface area contributed by atoms with Crippen molar-refractivity contribution in [3.63, 3.8) is 0 Å². The molecule has 0 spiro atoms. The van der Waals surface area contributed by atoms with Crippen LogP contribution in [-0.2, 0) is 4.79 Å². The number of carbonyl (C=O) groups is 2. The van der Waals surface area contributed by atoms with Gasteiger partial charge in [0.25, 0.3) is 5.91 Å². The molecule has 1 N–H and O–H groups in total. The van der Waals surface area contributed by atoms with Gasteiger partial charge in [-0.1, -0.05) is 60.1 Å². The number of carbonyl (C=O) groups excluding carboxylic acids is 2. The predicted molar refractivity (Wildman–Crippen MR) is 103 cm³/mol. The molecule has 0 saturated heterocycles. The first-order chi connectivity index (χ1) is 12.6. The molecule has 0 saturated carbocycles. The van der Waals surface area contributed by atoms with Crippen LogP contribution < -0.4 is 5.32 Å². The quantitative estimate of drug-likeness (QED) is 0.311. The average molecular weight is 363 g/mol. The van der Waals surface area contributed by atoms with Gasteiger partial charge < -0.3 is 5.32 Å². The van der Waals surface area contributed by atoms with Crippen LogP contribution in [0.4, 0.5) is 5.69 Å². The molecule has 1 amide bonds. The number of ketones is 1. The van der Waals surface area contributed by atoms with Gasteiger partial charge in [0.2, 0.25) is 0 Å². The van der Waals surface area contributed by atoms with Gasteiger partial charge in [0.05, 0.1) is 17.5 Å². The van der Waals surface area contributed by atoms with Crippen molar-refractivity contribution < 1.29 is 9.59 Å². The minimum Gasteiger partial charge on any atom is -0.320 e. The average Bonchev–Trinajstić information content (AvgIpc) is 2.68. The van der Waals surface area contributed by atoms with Gasteiger partial charge in [0.15, 0.2) is 5.78 Å². The Labute approximate surface area is 156 Å². The summed E-state index contributed by atoms with van der Waals surface area (Å²) in [5, 5.41) is 3.16. The van der Waals surface area contributed by atoms with Gasteiger partial charge in [-0.25, -0.2) is 0 Å². The normalized spacial score (nSPS) is 11.0. The zero-order chi connectivity index (χ0) is 18.4. The molecule has 1 aromatic heterocycles. The number of aromatic nitrogens is 1. The van der Waals surface area contributed by atoms with Gasteiger partial charge in [0, 0.05) is 16.8 Å². The number of halogens is 1. The Hall–Kier alpha value is -3.24. The Morgan fingerprint density at radius 2 is 1.65 bits per heavy atom. The Morgan fingerprint density at radius 1 is 0.923 bits per heavy atom. The number of amides is 1. The van der Waals surface area contributed by atoms with Crippen molar-refractivity contribution in [1.82, 2.24) is 4.98 Å². The molecule has 0 aliphatic heterocycles. The third-order valence-electron chi connectivity index (χ3n) is 3.65. The number of Topliss-reactive ketones (excluding diaryl/α,β-unsaturated/α-hetero) is 1. The minimum atomic E-state index is -0.522. The van der Waals surface area contributed by atoms with Gasteiger partial charge in [-0.3, -0.25) is 14.6 Å². The molecule has 0 radical (unpaired) electrons. The summed E-state index contributed by atoms with van der Waals surface area (Å²) >= 11 is 6.19. The van der Waals surface area contributed by atoms with E-state index in [4.69, 9.17) is 11.6 Å². The molecule has 0 atom stereocenters. The molecule has 2 aromatic carbocycles. The maximum Gasteiger partial charge on any atom is 0.259 e. The standard InChI is InChI=1S/C21H15ClN2O2/c22-19-11-5-4-9-16(19)13-18(20(25)15-7-2-1-3-8-15)21(26)24-17-10-6-12-23-14-17/h1-14H,(H,24,26)/b18-13+. The van der Waals surface area contributed by atoms with E-state index in [1.54, 1.807) is 66.9 Å². The van der Waals surface area contributed by atoms with Crippen LogP contribution in [0.3, 0.4) is 0 Å². The van der Waals surface area contributed by atoms with Crippen LogP contribution in [0.25, 0.3) is 6.08 Å². The van der Waals surface area contributed by atoms with Gasteiger partial charge in [0.1, 0.15) is 0 Å². The fourth-order valence-corrected chi connectivity index (χ4v) is 2.55. The lowest BCUT2D eigenvalue weighted by Crippen LogP contribution is -2.20. The van der Waals surface area contributed by atoms with Gasteiger partial charge in [-0.05, 0) is 29.8 Å². The monoisotopic (exact) mass is 362 g/mol. The Bertz CT molecular complexity index is 954. The van der Waals surface area contributed by atoms with E-state index in [1.807, 2.05) is 6.07 Å². The Balaban J connectivity index is 2.00. The summed E-state index contributed by atoms with van der Waals surface area (Å²) in [5.41, 5.74) is 1.51. The highest BCUT2D eigenvalue weighted by Crippen LogP contribution is 2.21. The zero-order valence-corrected chi connectivity index (χ0v) is 14.5. The molecule has 0 bridgehead atoms. The van der Waals surface area contributed by atoms with E-state index >= 15 is 0 Å². The van der Waals surface area contributed by atoms with Gasteiger partial charge in [-0.2, -0.15) is 0 Å². The number of pyridine rings is 1. The second-order valence-electron chi connectivity index (χ2n) is 5.47. The topological polar surface area (TPSA) is 59.1 Å². The largest absolute Gasteiger partial charge is 0.320 e. The molecule has 3 rings (SSSR count). The maximum atomic E-state index is 12.9. The lowest BCUT2D eigenvalue weighted by atomic mass is 10.00. The first kappa shape index (κ1) is 17.6. The maximum absolute atomic E-state index is 12.9.